The molecule has 0 saturated carbocycles. The topological polar surface area (TPSA) is 81.8 Å². The Morgan fingerprint density at radius 1 is 1.08 bits per heavy atom. The molecule has 1 aromatic carbocycles. The Bertz CT molecular complexity index is 638. The van der Waals surface area contributed by atoms with Crippen molar-refractivity contribution >= 4 is 33.8 Å². The number of rotatable bonds is 4. The number of carbonyl (C=O) groups excluding carboxylic acids is 3. The smallest absolute Gasteiger partial charge is 0.319 e. The van der Waals surface area contributed by atoms with E-state index in [0.717, 1.165) is 4.47 Å². The monoisotopic (exact) mass is 424 g/mol. The van der Waals surface area contributed by atoms with Gasteiger partial charge in [-0.25, -0.2) is 4.79 Å². The van der Waals surface area contributed by atoms with Gasteiger partial charge < -0.3 is 9.80 Å². The number of halogens is 1. The first kappa shape index (κ1) is 20.2. The fourth-order valence-electron chi connectivity index (χ4n) is 2.92. The number of piperidine rings is 1. The van der Waals surface area contributed by atoms with Crippen LogP contribution in [0.1, 0.15) is 37.0 Å². The van der Waals surface area contributed by atoms with Crippen LogP contribution in [-0.4, -0.2) is 53.8 Å². The zero-order valence-electron chi connectivity index (χ0n) is 15.1. The van der Waals surface area contributed by atoms with Gasteiger partial charge in [-0.1, -0.05) is 15.9 Å². The highest BCUT2D eigenvalue weighted by atomic mass is 79.9. The second-order valence-electron chi connectivity index (χ2n) is 6.17. The molecule has 26 heavy (non-hydrogen) atoms. The van der Waals surface area contributed by atoms with E-state index in [4.69, 9.17) is 0 Å². The molecule has 1 fully saturated rings. The minimum absolute atomic E-state index is 0.0254. The molecule has 1 heterocycles. The second kappa shape index (κ2) is 9.56. The van der Waals surface area contributed by atoms with E-state index >= 15 is 0 Å². The van der Waals surface area contributed by atoms with Crippen molar-refractivity contribution in [1.82, 2.24) is 20.7 Å². The highest BCUT2D eigenvalue weighted by molar-refractivity contribution is 9.10. The van der Waals surface area contributed by atoms with Gasteiger partial charge in [0.15, 0.2) is 0 Å². The Morgan fingerprint density at radius 2 is 1.65 bits per heavy atom. The number of hydrazine groups is 1. The Hall–Kier alpha value is -2.09. The van der Waals surface area contributed by atoms with Crippen LogP contribution in [0, 0.1) is 5.92 Å². The van der Waals surface area contributed by atoms with Gasteiger partial charge in [-0.05, 0) is 51.0 Å². The maximum Gasteiger partial charge on any atom is 0.319 e. The number of hydrogen-bond acceptors (Lipinski definition) is 3. The van der Waals surface area contributed by atoms with E-state index in [1.807, 2.05) is 13.8 Å². The van der Waals surface area contributed by atoms with Gasteiger partial charge in [0.1, 0.15) is 0 Å². The first-order valence-corrected chi connectivity index (χ1v) is 9.65. The van der Waals surface area contributed by atoms with E-state index in [-0.39, 0.29) is 23.8 Å². The number of nitrogens with zero attached hydrogens (tertiary/aromatic N) is 2. The molecule has 0 bridgehead atoms. The molecule has 1 saturated heterocycles. The zero-order valence-corrected chi connectivity index (χ0v) is 16.7. The molecule has 0 aromatic heterocycles. The summed E-state index contributed by atoms with van der Waals surface area (Å²) in [5.41, 5.74) is 5.40. The van der Waals surface area contributed by atoms with E-state index in [1.165, 1.54) is 0 Å². The lowest BCUT2D eigenvalue weighted by Gasteiger charge is -2.34. The number of nitrogens with one attached hydrogen (secondary N) is 2. The lowest BCUT2D eigenvalue weighted by molar-refractivity contribution is -0.127. The molecule has 0 radical (unpaired) electrons. The van der Waals surface area contributed by atoms with Gasteiger partial charge in [0.25, 0.3) is 5.91 Å². The lowest BCUT2D eigenvalue weighted by Crippen LogP contribution is -2.50. The van der Waals surface area contributed by atoms with Crippen molar-refractivity contribution in [3.8, 4) is 0 Å². The molecule has 1 aliphatic rings. The maximum atomic E-state index is 12.3. The molecule has 1 aliphatic heterocycles. The molecule has 1 aromatic rings. The minimum Gasteiger partial charge on any atom is -0.325 e. The van der Waals surface area contributed by atoms with Crippen LogP contribution in [0.4, 0.5) is 4.79 Å². The van der Waals surface area contributed by atoms with Gasteiger partial charge in [0, 0.05) is 42.1 Å². The predicted molar refractivity (Wildman–Crippen MR) is 102 cm³/mol. The molecule has 7 nitrogen and oxygen atoms in total. The minimum atomic E-state index is -0.361. The molecule has 8 heteroatoms. The number of urea groups is 1. The number of likely N-dealkylation sites (tertiary alicyclic amines) is 1. The summed E-state index contributed by atoms with van der Waals surface area (Å²) >= 11 is 3.31. The Labute approximate surface area is 162 Å². The summed E-state index contributed by atoms with van der Waals surface area (Å²) in [4.78, 5) is 40.2. The molecule has 0 spiro atoms. The average Bonchev–Trinajstić information content (AvgIpc) is 2.67. The molecular formula is C18H25BrN4O3. The van der Waals surface area contributed by atoms with Gasteiger partial charge in [-0.15, -0.1) is 0 Å². The summed E-state index contributed by atoms with van der Waals surface area (Å²) in [6.07, 6.45) is 1.18. The van der Waals surface area contributed by atoms with Crippen molar-refractivity contribution < 1.29 is 14.4 Å². The Kier molecular flexibility index (Phi) is 7.44. The molecule has 142 valence electrons. The van der Waals surface area contributed by atoms with Crippen LogP contribution >= 0.6 is 15.9 Å². The highest BCUT2D eigenvalue weighted by Crippen LogP contribution is 2.18. The highest BCUT2D eigenvalue weighted by Gasteiger charge is 2.29. The van der Waals surface area contributed by atoms with Crippen molar-refractivity contribution in [2.75, 3.05) is 26.2 Å². The van der Waals surface area contributed by atoms with E-state index in [1.54, 1.807) is 34.1 Å². The largest absolute Gasteiger partial charge is 0.325 e. The first-order chi connectivity index (χ1) is 12.5. The zero-order chi connectivity index (χ0) is 19.1. The molecule has 2 N–H and O–H groups in total. The third-order valence-electron chi connectivity index (χ3n) is 4.58. The quantitative estimate of drug-likeness (QED) is 0.727. The fourth-order valence-corrected chi connectivity index (χ4v) is 3.19. The first-order valence-electron chi connectivity index (χ1n) is 8.85. The molecule has 4 amide bonds. The summed E-state index contributed by atoms with van der Waals surface area (Å²) in [5.74, 6) is -0.786. The summed E-state index contributed by atoms with van der Waals surface area (Å²) in [5, 5.41) is 0. The molecule has 0 unspecified atom stereocenters. The van der Waals surface area contributed by atoms with Crippen molar-refractivity contribution in [3.05, 3.63) is 34.3 Å². The molecule has 2 rings (SSSR count). The number of benzene rings is 1. The predicted octanol–water partition coefficient (Wildman–Crippen LogP) is 2.38. The maximum absolute atomic E-state index is 12.3. The third-order valence-corrected chi connectivity index (χ3v) is 5.10. The van der Waals surface area contributed by atoms with Crippen molar-refractivity contribution in [3.63, 3.8) is 0 Å². The van der Waals surface area contributed by atoms with E-state index in [2.05, 4.69) is 26.8 Å². The second-order valence-corrected chi connectivity index (χ2v) is 7.08. The van der Waals surface area contributed by atoms with Crippen LogP contribution in [0.15, 0.2) is 28.7 Å². The van der Waals surface area contributed by atoms with Crippen LogP contribution in [-0.2, 0) is 4.79 Å². The number of hydrogen-bond donors (Lipinski definition) is 2. The standard InChI is InChI=1S/C18H25BrN4O3/c1-3-22(4-2)18(26)23-11-9-14(10-12-23)17(25)21-20-16(24)13-5-7-15(19)8-6-13/h5-8,14H,3-4,9-12H2,1-2H3,(H,20,24)(H,21,25). The van der Waals surface area contributed by atoms with Gasteiger partial charge in [-0.2, -0.15) is 0 Å². The van der Waals surface area contributed by atoms with Crippen LogP contribution in [0.3, 0.4) is 0 Å². The van der Waals surface area contributed by atoms with Gasteiger partial charge in [-0.3, -0.25) is 20.4 Å². The van der Waals surface area contributed by atoms with Crippen molar-refractivity contribution in [1.29, 1.82) is 0 Å². The van der Waals surface area contributed by atoms with E-state index in [9.17, 15) is 14.4 Å². The lowest BCUT2D eigenvalue weighted by atomic mass is 9.96. The van der Waals surface area contributed by atoms with Crippen LogP contribution in [0.25, 0.3) is 0 Å². The molecule has 0 atom stereocenters. The van der Waals surface area contributed by atoms with Gasteiger partial charge >= 0.3 is 6.03 Å². The van der Waals surface area contributed by atoms with Gasteiger partial charge in [0.05, 0.1) is 0 Å². The number of carbonyl (C=O) groups is 3. The van der Waals surface area contributed by atoms with Crippen molar-refractivity contribution in [2.45, 2.75) is 26.7 Å². The normalized spacial score (nSPS) is 14.7. The summed E-state index contributed by atoms with van der Waals surface area (Å²) < 4.78 is 0.879. The molecule has 0 aliphatic carbocycles. The van der Waals surface area contributed by atoms with Crippen molar-refractivity contribution in [2.24, 2.45) is 5.92 Å². The van der Waals surface area contributed by atoms with Gasteiger partial charge in [0.2, 0.25) is 5.91 Å². The van der Waals surface area contributed by atoms with Crippen LogP contribution in [0.5, 0.6) is 0 Å². The average molecular weight is 425 g/mol. The summed E-state index contributed by atoms with van der Waals surface area (Å²) in [6.45, 7) is 6.36. The van der Waals surface area contributed by atoms with Crippen LogP contribution < -0.4 is 10.9 Å². The number of amides is 4. The summed E-state index contributed by atoms with van der Waals surface area (Å²) in [7, 11) is 0. The van der Waals surface area contributed by atoms with Crippen LogP contribution in [0.2, 0.25) is 0 Å². The van der Waals surface area contributed by atoms with E-state index < -0.39 is 0 Å². The fraction of sp³-hybridized carbons (Fsp3) is 0.500. The molecular weight excluding hydrogens is 400 g/mol. The van der Waals surface area contributed by atoms with E-state index in [0.29, 0.717) is 44.6 Å². The summed E-state index contributed by atoms with van der Waals surface area (Å²) in [6, 6.07) is 6.89. The SMILES string of the molecule is CCN(CC)C(=O)N1CCC(C(=O)NNC(=O)c2ccc(Br)cc2)CC1. The Morgan fingerprint density at radius 3 is 2.19 bits per heavy atom. The third kappa shape index (κ3) is 5.20. The Balaban J connectivity index is 1.78.